The average Bonchev–Trinajstić information content (AvgIpc) is 2.88. The SMILES string of the molecule is CCCN(CCC)S(=O)(=O)c1cnn(CCCNC)c1. The first kappa shape index (κ1) is 17.1. The Morgan fingerprint density at radius 2 is 1.95 bits per heavy atom. The number of aromatic nitrogens is 2. The molecule has 0 aromatic carbocycles. The maximum Gasteiger partial charge on any atom is 0.246 e. The van der Waals surface area contributed by atoms with E-state index in [0.29, 0.717) is 18.0 Å². The van der Waals surface area contributed by atoms with Crippen molar-refractivity contribution in [3.63, 3.8) is 0 Å². The van der Waals surface area contributed by atoms with Crippen LogP contribution in [0.4, 0.5) is 0 Å². The van der Waals surface area contributed by atoms with Gasteiger partial charge in [0.2, 0.25) is 10.0 Å². The third-order valence-electron chi connectivity index (χ3n) is 3.01. The maximum atomic E-state index is 12.5. The Labute approximate surface area is 122 Å². The van der Waals surface area contributed by atoms with Crippen LogP contribution in [0.25, 0.3) is 0 Å². The summed E-state index contributed by atoms with van der Waals surface area (Å²) in [5.74, 6) is 0. The van der Waals surface area contributed by atoms with Gasteiger partial charge in [-0.2, -0.15) is 9.40 Å². The molecular weight excluding hydrogens is 276 g/mol. The lowest BCUT2D eigenvalue weighted by Crippen LogP contribution is -2.32. The fourth-order valence-corrected chi connectivity index (χ4v) is 3.60. The highest BCUT2D eigenvalue weighted by Crippen LogP contribution is 2.15. The normalized spacial score (nSPS) is 12.2. The quantitative estimate of drug-likeness (QED) is 0.662. The van der Waals surface area contributed by atoms with Gasteiger partial charge in [-0.05, 0) is 32.9 Å². The molecule has 0 aliphatic rings. The minimum absolute atomic E-state index is 0.295. The van der Waals surface area contributed by atoms with Gasteiger partial charge < -0.3 is 5.32 Å². The van der Waals surface area contributed by atoms with Crippen LogP contribution in [0.3, 0.4) is 0 Å². The largest absolute Gasteiger partial charge is 0.320 e. The van der Waals surface area contributed by atoms with Crippen molar-refractivity contribution in [3.8, 4) is 0 Å². The Kier molecular flexibility index (Phi) is 7.18. The van der Waals surface area contributed by atoms with Crippen LogP contribution in [0.1, 0.15) is 33.1 Å². The van der Waals surface area contributed by atoms with Crippen molar-refractivity contribution >= 4 is 10.0 Å². The number of nitrogens with one attached hydrogen (secondary N) is 1. The van der Waals surface area contributed by atoms with E-state index in [1.165, 1.54) is 6.20 Å². The van der Waals surface area contributed by atoms with Crippen LogP contribution in [-0.4, -0.2) is 49.2 Å². The van der Waals surface area contributed by atoms with E-state index in [1.807, 2.05) is 20.9 Å². The third kappa shape index (κ3) is 4.57. The molecule has 1 aromatic heterocycles. The van der Waals surface area contributed by atoms with Gasteiger partial charge in [0, 0.05) is 25.8 Å². The second-order valence-corrected chi connectivity index (χ2v) is 6.74. The van der Waals surface area contributed by atoms with Gasteiger partial charge in [0.15, 0.2) is 0 Å². The lowest BCUT2D eigenvalue weighted by atomic mass is 10.4. The van der Waals surface area contributed by atoms with Gasteiger partial charge in [-0.3, -0.25) is 4.68 Å². The highest BCUT2D eigenvalue weighted by molar-refractivity contribution is 7.89. The van der Waals surface area contributed by atoms with Gasteiger partial charge in [-0.1, -0.05) is 13.8 Å². The molecule has 0 aliphatic carbocycles. The maximum absolute atomic E-state index is 12.5. The molecule has 1 N–H and O–H groups in total. The van der Waals surface area contributed by atoms with Gasteiger partial charge in [-0.25, -0.2) is 8.42 Å². The fraction of sp³-hybridized carbons (Fsp3) is 0.769. The van der Waals surface area contributed by atoms with E-state index >= 15 is 0 Å². The molecule has 116 valence electrons. The molecule has 0 fully saturated rings. The molecule has 0 unspecified atom stereocenters. The van der Waals surface area contributed by atoms with Crippen molar-refractivity contribution in [3.05, 3.63) is 12.4 Å². The van der Waals surface area contributed by atoms with Crippen LogP contribution in [-0.2, 0) is 16.6 Å². The Morgan fingerprint density at radius 3 is 2.50 bits per heavy atom. The number of sulfonamides is 1. The molecule has 0 atom stereocenters. The molecule has 20 heavy (non-hydrogen) atoms. The van der Waals surface area contributed by atoms with E-state index < -0.39 is 10.0 Å². The molecule has 0 spiro atoms. The molecule has 0 saturated carbocycles. The summed E-state index contributed by atoms with van der Waals surface area (Å²) in [6.07, 6.45) is 5.63. The molecule has 1 aromatic rings. The molecular formula is C13H26N4O2S. The zero-order chi connectivity index (χ0) is 15.0. The molecule has 1 heterocycles. The van der Waals surface area contributed by atoms with E-state index in [4.69, 9.17) is 0 Å². The molecule has 0 aliphatic heterocycles. The first-order valence-electron chi connectivity index (χ1n) is 7.23. The number of rotatable bonds is 10. The van der Waals surface area contributed by atoms with Crippen molar-refractivity contribution in [1.82, 2.24) is 19.4 Å². The predicted octanol–water partition coefficient (Wildman–Crippen LogP) is 1.30. The van der Waals surface area contributed by atoms with Gasteiger partial charge in [0.25, 0.3) is 0 Å². The standard InChI is InChI=1S/C13H26N4O2S/c1-4-8-17(9-5-2)20(18,19)13-11-15-16(12-13)10-6-7-14-3/h11-12,14H,4-10H2,1-3H3. The second-order valence-electron chi connectivity index (χ2n) is 4.80. The summed E-state index contributed by atoms with van der Waals surface area (Å²) < 4.78 is 28.3. The van der Waals surface area contributed by atoms with Crippen LogP contribution < -0.4 is 5.32 Å². The van der Waals surface area contributed by atoms with E-state index in [9.17, 15) is 8.42 Å². The van der Waals surface area contributed by atoms with E-state index in [1.54, 1.807) is 15.2 Å². The first-order valence-corrected chi connectivity index (χ1v) is 8.67. The highest BCUT2D eigenvalue weighted by Gasteiger charge is 2.24. The Hall–Kier alpha value is -0.920. The van der Waals surface area contributed by atoms with Crippen molar-refractivity contribution in [2.45, 2.75) is 44.6 Å². The lowest BCUT2D eigenvalue weighted by Gasteiger charge is -2.19. The molecule has 0 bridgehead atoms. The zero-order valence-electron chi connectivity index (χ0n) is 12.7. The van der Waals surface area contributed by atoms with Crippen molar-refractivity contribution in [2.75, 3.05) is 26.7 Å². The van der Waals surface area contributed by atoms with Crippen LogP contribution in [0.2, 0.25) is 0 Å². The summed E-state index contributed by atoms with van der Waals surface area (Å²) >= 11 is 0. The predicted molar refractivity (Wildman–Crippen MR) is 80.1 cm³/mol. The molecule has 0 radical (unpaired) electrons. The lowest BCUT2D eigenvalue weighted by molar-refractivity contribution is 0.410. The summed E-state index contributed by atoms with van der Waals surface area (Å²) in [5, 5.41) is 7.20. The van der Waals surface area contributed by atoms with Gasteiger partial charge in [-0.15, -0.1) is 0 Å². The van der Waals surface area contributed by atoms with Gasteiger partial charge in [0.05, 0.1) is 6.20 Å². The number of hydrogen-bond acceptors (Lipinski definition) is 4. The minimum atomic E-state index is -3.40. The topological polar surface area (TPSA) is 67.2 Å². The molecule has 6 nitrogen and oxygen atoms in total. The van der Waals surface area contributed by atoms with Gasteiger partial charge >= 0.3 is 0 Å². The zero-order valence-corrected chi connectivity index (χ0v) is 13.5. The summed E-state index contributed by atoms with van der Waals surface area (Å²) in [6.45, 7) is 6.69. The summed E-state index contributed by atoms with van der Waals surface area (Å²) in [7, 11) is -1.51. The molecule has 7 heteroatoms. The Morgan fingerprint density at radius 1 is 1.30 bits per heavy atom. The Balaban J connectivity index is 2.80. The second kappa shape index (κ2) is 8.39. The van der Waals surface area contributed by atoms with E-state index in [-0.39, 0.29) is 0 Å². The number of nitrogens with zero attached hydrogens (tertiary/aromatic N) is 3. The van der Waals surface area contributed by atoms with E-state index in [0.717, 1.165) is 32.4 Å². The van der Waals surface area contributed by atoms with E-state index in [2.05, 4.69) is 10.4 Å². The van der Waals surface area contributed by atoms with Crippen LogP contribution in [0.15, 0.2) is 17.3 Å². The highest BCUT2D eigenvalue weighted by atomic mass is 32.2. The van der Waals surface area contributed by atoms with Crippen LogP contribution >= 0.6 is 0 Å². The monoisotopic (exact) mass is 302 g/mol. The average molecular weight is 302 g/mol. The number of hydrogen-bond donors (Lipinski definition) is 1. The molecule has 1 rings (SSSR count). The summed E-state index contributed by atoms with van der Waals surface area (Å²) in [6, 6.07) is 0. The minimum Gasteiger partial charge on any atom is -0.320 e. The van der Waals surface area contributed by atoms with Crippen LogP contribution in [0.5, 0.6) is 0 Å². The summed E-state index contributed by atoms with van der Waals surface area (Å²) in [5.41, 5.74) is 0. The molecule has 0 saturated heterocycles. The first-order chi connectivity index (χ1) is 9.56. The fourth-order valence-electron chi connectivity index (χ4n) is 2.02. The summed E-state index contributed by atoms with van der Waals surface area (Å²) in [4.78, 5) is 0.295. The Bertz CT molecular complexity index is 478. The third-order valence-corrected chi connectivity index (χ3v) is 4.86. The molecule has 0 amide bonds. The van der Waals surface area contributed by atoms with Gasteiger partial charge in [0.1, 0.15) is 4.90 Å². The smallest absolute Gasteiger partial charge is 0.246 e. The van der Waals surface area contributed by atoms with Crippen molar-refractivity contribution < 1.29 is 8.42 Å². The number of aryl methyl sites for hydroxylation is 1. The van der Waals surface area contributed by atoms with Crippen molar-refractivity contribution in [2.24, 2.45) is 0 Å². The van der Waals surface area contributed by atoms with Crippen molar-refractivity contribution in [1.29, 1.82) is 0 Å². The van der Waals surface area contributed by atoms with Crippen LogP contribution in [0, 0.1) is 0 Å².